The van der Waals surface area contributed by atoms with Gasteiger partial charge in [0, 0.05) is 31.6 Å². The third-order valence-electron chi connectivity index (χ3n) is 12.4. The van der Waals surface area contributed by atoms with Gasteiger partial charge in [-0.05, 0) is 25.7 Å². The second-order valence-corrected chi connectivity index (χ2v) is 18.9. The van der Waals surface area contributed by atoms with Crippen molar-refractivity contribution in [2.24, 2.45) is 17.3 Å². The second kappa shape index (κ2) is 38.3. The number of carbonyl (C=O) groups excluding carboxylic acids is 5. The number of unbranched alkanes of at least 4 members (excludes halogenated alkanes) is 16. The molecule has 1 fully saturated rings. The number of rotatable bonds is 41. The Hall–Kier alpha value is -2.77. The normalized spacial score (nSPS) is 15.2. The van der Waals surface area contributed by atoms with E-state index in [4.69, 9.17) is 23.7 Å². The Balaban J connectivity index is 2.90. The maximum absolute atomic E-state index is 13.8. The van der Waals surface area contributed by atoms with Crippen LogP contribution >= 0.6 is 0 Å². The van der Waals surface area contributed by atoms with Crippen molar-refractivity contribution in [3.8, 4) is 0 Å². The number of amides is 1. The van der Waals surface area contributed by atoms with Gasteiger partial charge in [-0.3, -0.25) is 28.9 Å². The van der Waals surface area contributed by atoms with Crippen molar-refractivity contribution in [1.82, 2.24) is 10.2 Å². The predicted octanol–water partition coefficient (Wildman–Crippen LogP) is 9.82. The van der Waals surface area contributed by atoms with Gasteiger partial charge >= 0.3 is 23.9 Å². The summed E-state index contributed by atoms with van der Waals surface area (Å²) < 4.78 is 28.3. The average Bonchev–Trinajstić information content (AvgIpc) is 3.29. The number of ether oxygens (including phenoxy) is 5. The molecule has 13 heteroatoms. The molecule has 0 aromatic carbocycles. The molecule has 1 amide bonds. The van der Waals surface area contributed by atoms with Crippen molar-refractivity contribution in [2.45, 2.75) is 221 Å². The zero-order valence-corrected chi connectivity index (χ0v) is 41.5. The number of morpholine rings is 1. The Kier molecular flexibility index (Phi) is 35.5. The van der Waals surface area contributed by atoms with Gasteiger partial charge in [0.05, 0.1) is 44.5 Å². The van der Waals surface area contributed by atoms with Crippen LogP contribution in [0.2, 0.25) is 0 Å². The number of aliphatic hydroxyl groups excluding tert-OH is 1. The summed E-state index contributed by atoms with van der Waals surface area (Å²) in [5.41, 5.74) is -1.08. The van der Waals surface area contributed by atoms with Gasteiger partial charge in [0.2, 0.25) is 5.91 Å². The standard InChI is InChI=1S/C51H94N2O11/c1-7-11-15-19-21-25-28-42(27-23-17-13-9-3)49(58)62-40-44(64-50(59)43(29-24-18-14-10-4)30-26-22-20-16-12-8-2)39-61-45(54)31-33-52-48(57)47(56)51(5,6)41-63-46(55)32-34-53-35-37-60-38-36-53/h42-44,47,56H,7-41H2,1-6H3,(H,52,57)/t42?,43?,44?,47-/m0/s1. The Morgan fingerprint density at radius 1 is 0.594 bits per heavy atom. The van der Waals surface area contributed by atoms with Crippen molar-refractivity contribution in [3.05, 3.63) is 0 Å². The van der Waals surface area contributed by atoms with Gasteiger partial charge in [-0.25, -0.2) is 0 Å². The molecule has 1 heterocycles. The molecule has 0 aromatic rings. The Bertz CT molecular complexity index is 1220. The fourth-order valence-electron chi connectivity index (χ4n) is 7.90. The number of hydrogen-bond acceptors (Lipinski definition) is 12. The summed E-state index contributed by atoms with van der Waals surface area (Å²) in [6.07, 6.45) is 22.4. The molecule has 1 saturated heterocycles. The summed E-state index contributed by atoms with van der Waals surface area (Å²) in [6.45, 7) is 14.5. The summed E-state index contributed by atoms with van der Waals surface area (Å²) >= 11 is 0. The van der Waals surface area contributed by atoms with Gasteiger partial charge in [-0.1, -0.05) is 170 Å². The van der Waals surface area contributed by atoms with E-state index in [2.05, 4.69) is 37.9 Å². The van der Waals surface area contributed by atoms with E-state index in [9.17, 15) is 29.1 Å². The van der Waals surface area contributed by atoms with Crippen LogP contribution in [0.25, 0.3) is 0 Å². The number of nitrogens with one attached hydrogen (secondary N) is 1. The van der Waals surface area contributed by atoms with E-state index in [1.165, 1.54) is 38.5 Å². The fraction of sp³-hybridized carbons (Fsp3) is 0.902. The molecule has 0 radical (unpaired) electrons. The van der Waals surface area contributed by atoms with Crippen LogP contribution in [0.15, 0.2) is 0 Å². The number of carbonyl (C=O) groups is 5. The highest BCUT2D eigenvalue weighted by Gasteiger charge is 2.35. The van der Waals surface area contributed by atoms with E-state index in [-0.39, 0.29) is 63.0 Å². The number of aliphatic hydroxyl groups is 1. The van der Waals surface area contributed by atoms with Gasteiger partial charge in [-0.2, -0.15) is 0 Å². The zero-order chi connectivity index (χ0) is 47.3. The molecule has 0 aromatic heterocycles. The second-order valence-electron chi connectivity index (χ2n) is 18.9. The molecule has 374 valence electrons. The van der Waals surface area contributed by atoms with Gasteiger partial charge in [-0.15, -0.1) is 0 Å². The highest BCUT2D eigenvalue weighted by atomic mass is 16.6. The van der Waals surface area contributed by atoms with Crippen LogP contribution in [0, 0.1) is 17.3 Å². The highest BCUT2D eigenvalue weighted by Crippen LogP contribution is 2.24. The van der Waals surface area contributed by atoms with Crippen LogP contribution < -0.4 is 5.32 Å². The van der Waals surface area contributed by atoms with Gasteiger partial charge in [0.25, 0.3) is 0 Å². The molecule has 0 aliphatic carbocycles. The maximum atomic E-state index is 13.8. The van der Waals surface area contributed by atoms with Crippen LogP contribution in [-0.4, -0.2) is 111 Å². The smallest absolute Gasteiger partial charge is 0.309 e. The lowest BCUT2D eigenvalue weighted by molar-refractivity contribution is -0.171. The first-order chi connectivity index (χ1) is 30.9. The lowest BCUT2D eigenvalue weighted by Crippen LogP contribution is -2.46. The third kappa shape index (κ3) is 29.7. The summed E-state index contributed by atoms with van der Waals surface area (Å²) in [4.78, 5) is 67.9. The van der Waals surface area contributed by atoms with Crippen LogP contribution in [0.4, 0.5) is 0 Å². The van der Waals surface area contributed by atoms with Gasteiger partial charge in [0.1, 0.15) is 19.3 Å². The minimum atomic E-state index is -1.50. The first kappa shape index (κ1) is 59.2. The maximum Gasteiger partial charge on any atom is 0.309 e. The van der Waals surface area contributed by atoms with Crippen LogP contribution in [0.3, 0.4) is 0 Å². The molecule has 2 N–H and O–H groups in total. The van der Waals surface area contributed by atoms with Crippen molar-refractivity contribution in [1.29, 1.82) is 0 Å². The predicted molar refractivity (Wildman–Crippen MR) is 253 cm³/mol. The molecular weight excluding hydrogens is 817 g/mol. The number of hydrogen-bond donors (Lipinski definition) is 2. The number of esters is 4. The van der Waals surface area contributed by atoms with E-state index >= 15 is 0 Å². The summed E-state index contributed by atoms with van der Waals surface area (Å²) in [7, 11) is 0. The summed E-state index contributed by atoms with van der Waals surface area (Å²) in [5, 5.41) is 13.4. The first-order valence-corrected chi connectivity index (χ1v) is 25.8. The van der Waals surface area contributed by atoms with Gasteiger partial charge < -0.3 is 34.1 Å². The molecular formula is C51H94N2O11. The van der Waals surface area contributed by atoms with E-state index < -0.39 is 35.5 Å². The molecule has 0 spiro atoms. The van der Waals surface area contributed by atoms with Crippen LogP contribution in [-0.2, 0) is 47.7 Å². The zero-order valence-electron chi connectivity index (χ0n) is 41.5. The lowest BCUT2D eigenvalue weighted by atomic mass is 9.87. The quantitative estimate of drug-likeness (QED) is 0.0339. The summed E-state index contributed by atoms with van der Waals surface area (Å²) in [6, 6.07) is 0. The van der Waals surface area contributed by atoms with E-state index in [0.717, 1.165) is 129 Å². The van der Waals surface area contributed by atoms with E-state index in [1.807, 2.05) is 0 Å². The Morgan fingerprint density at radius 3 is 1.55 bits per heavy atom. The van der Waals surface area contributed by atoms with Crippen molar-refractivity contribution in [3.63, 3.8) is 0 Å². The fourth-order valence-corrected chi connectivity index (χ4v) is 7.90. The highest BCUT2D eigenvalue weighted by molar-refractivity contribution is 5.82. The SMILES string of the molecule is CCCCCCCCC(CCCCCC)C(=O)OCC(COC(=O)CCNC(=O)[C@H](O)C(C)(C)COC(=O)CCN1CCOCC1)OC(=O)C(CCCCCC)CCCCCCCC. The van der Waals surface area contributed by atoms with Gasteiger partial charge in [0.15, 0.2) is 6.10 Å². The van der Waals surface area contributed by atoms with Crippen molar-refractivity contribution >= 4 is 29.8 Å². The third-order valence-corrected chi connectivity index (χ3v) is 12.4. The van der Waals surface area contributed by atoms with E-state index in [0.29, 0.717) is 19.8 Å². The Morgan fingerprint density at radius 2 is 1.03 bits per heavy atom. The molecule has 13 nitrogen and oxygen atoms in total. The molecule has 3 unspecified atom stereocenters. The van der Waals surface area contributed by atoms with Crippen molar-refractivity contribution < 1.29 is 52.8 Å². The minimum absolute atomic E-state index is 0.111. The van der Waals surface area contributed by atoms with E-state index in [1.54, 1.807) is 13.8 Å². The molecule has 1 aliphatic heterocycles. The molecule has 0 saturated carbocycles. The minimum Gasteiger partial charge on any atom is -0.465 e. The lowest BCUT2D eigenvalue weighted by Gasteiger charge is -2.29. The van der Waals surface area contributed by atoms with Crippen molar-refractivity contribution in [2.75, 3.05) is 59.2 Å². The molecule has 4 atom stereocenters. The monoisotopic (exact) mass is 911 g/mol. The average molecular weight is 911 g/mol. The topological polar surface area (TPSA) is 167 Å². The molecule has 1 rings (SSSR count). The number of nitrogens with zero attached hydrogens (tertiary/aromatic N) is 1. The molecule has 1 aliphatic rings. The summed E-state index contributed by atoms with van der Waals surface area (Å²) in [5.74, 6) is -2.94. The van der Waals surface area contributed by atoms with Crippen LogP contribution in [0.1, 0.15) is 208 Å². The molecule has 0 bridgehead atoms. The largest absolute Gasteiger partial charge is 0.465 e. The Labute approximate surface area is 388 Å². The van der Waals surface area contributed by atoms with Crippen LogP contribution in [0.5, 0.6) is 0 Å². The molecule has 64 heavy (non-hydrogen) atoms. The first-order valence-electron chi connectivity index (χ1n) is 25.8.